The summed E-state index contributed by atoms with van der Waals surface area (Å²) in [6.07, 6.45) is 5.72. The molecule has 2 bridgehead atoms. The molecule has 3 N–H and O–H groups in total. The van der Waals surface area contributed by atoms with Crippen LogP contribution in [0.5, 0.6) is 0 Å². The fourth-order valence-electron chi connectivity index (χ4n) is 5.05. The number of carbonyl (C=O) groups excluding carboxylic acids is 2. The Bertz CT molecular complexity index is 973. The van der Waals surface area contributed by atoms with Crippen LogP contribution in [0.15, 0.2) is 40.3 Å². The summed E-state index contributed by atoms with van der Waals surface area (Å²) in [6.45, 7) is 2.49. The first-order valence-electron chi connectivity index (χ1n) is 10.9. The molecule has 1 aromatic heterocycles. The molecule has 1 aromatic carbocycles. The Labute approximate surface area is 185 Å². The third-order valence-corrected chi connectivity index (χ3v) is 7.55. The van der Waals surface area contributed by atoms with Gasteiger partial charge in [0.05, 0.1) is 5.75 Å². The first kappa shape index (κ1) is 21.7. The summed E-state index contributed by atoms with van der Waals surface area (Å²) in [5.74, 6) is 1.63. The molecular formula is C22H29N5O3S. The van der Waals surface area contributed by atoms with Crippen LogP contribution in [-0.4, -0.2) is 38.5 Å². The van der Waals surface area contributed by atoms with Gasteiger partial charge in [0.1, 0.15) is 0 Å². The molecule has 4 rings (SSSR count). The van der Waals surface area contributed by atoms with E-state index < -0.39 is 11.9 Å². The van der Waals surface area contributed by atoms with Gasteiger partial charge in [0.15, 0.2) is 5.16 Å². The van der Waals surface area contributed by atoms with Crippen LogP contribution in [0.2, 0.25) is 0 Å². The Balaban J connectivity index is 1.23. The summed E-state index contributed by atoms with van der Waals surface area (Å²) < 4.78 is 1.52. The second-order valence-electron chi connectivity index (χ2n) is 8.64. The van der Waals surface area contributed by atoms with Crippen LogP contribution in [0, 0.1) is 17.8 Å². The minimum atomic E-state index is -0.454. The van der Waals surface area contributed by atoms with Gasteiger partial charge in [-0.1, -0.05) is 48.5 Å². The maximum atomic E-state index is 12.2. The Morgan fingerprint density at radius 2 is 2.06 bits per heavy atom. The number of nitrogens with one attached hydrogen (secondary N) is 3. The van der Waals surface area contributed by atoms with Crippen molar-refractivity contribution in [2.24, 2.45) is 17.8 Å². The van der Waals surface area contributed by atoms with Crippen molar-refractivity contribution < 1.29 is 9.59 Å². The molecule has 2 aliphatic carbocycles. The maximum Gasteiger partial charge on any atom is 0.343 e. The third kappa shape index (κ3) is 5.39. The monoisotopic (exact) mass is 443 g/mol. The molecule has 9 heteroatoms. The molecular weight excluding hydrogens is 414 g/mol. The number of imide groups is 1. The van der Waals surface area contributed by atoms with E-state index in [0.29, 0.717) is 30.0 Å². The number of thioether (sulfide) groups is 1. The minimum absolute atomic E-state index is 0.00551. The average Bonchev–Trinajstić information content (AvgIpc) is 3.47. The van der Waals surface area contributed by atoms with Gasteiger partial charge in [-0.25, -0.2) is 14.7 Å². The second kappa shape index (κ2) is 9.72. The highest BCUT2D eigenvalue weighted by Crippen LogP contribution is 2.49. The number of aryl methyl sites for hydroxylation is 1. The molecule has 2 aromatic rings. The fraction of sp³-hybridized carbons (Fsp3) is 0.545. The van der Waals surface area contributed by atoms with E-state index in [1.807, 2.05) is 37.3 Å². The van der Waals surface area contributed by atoms with E-state index in [0.717, 1.165) is 23.2 Å². The van der Waals surface area contributed by atoms with Gasteiger partial charge < -0.3 is 5.32 Å². The van der Waals surface area contributed by atoms with Gasteiger partial charge in [0, 0.05) is 12.6 Å². The number of urea groups is 1. The molecule has 31 heavy (non-hydrogen) atoms. The van der Waals surface area contributed by atoms with Crippen LogP contribution in [0.3, 0.4) is 0 Å². The summed E-state index contributed by atoms with van der Waals surface area (Å²) in [7, 11) is 0. The molecule has 2 aliphatic rings. The molecule has 4 atom stereocenters. The van der Waals surface area contributed by atoms with Crippen LogP contribution in [0.4, 0.5) is 4.79 Å². The van der Waals surface area contributed by atoms with Crippen molar-refractivity contribution in [2.75, 3.05) is 5.75 Å². The molecule has 0 spiro atoms. The molecule has 2 saturated carbocycles. The summed E-state index contributed by atoms with van der Waals surface area (Å²) in [5.41, 5.74) is 0.807. The number of hydrogen-bond acceptors (Lipinski definition) is 5. The molecule has 3 amide bonds. The highest BCUT2D eigenvalue weighted by atomic mass is 32.2. The topological polar surface area (TPSA) is 109 Å². The van der Waals surface area contributed by atoms with Gasteiger partial charge in [0.25, 0.3) is 0 Å². The van der Waals surface area contributed by atoms with Gasteiger partial charge in [-0.05, 0) is 55.9 Å². The van der Waals surface area contributed by atoms with Crippen LogP contribution in [-0.2, 0) is 17.8 Å². The van der Waals surface area contributed by atoms with Crippen LogP contribution < -0.4 is 16.3 Å². The Morgan fingerprint density at radius 1 is 1.26 bits per heavy atom. The van der Waals surface area contributed by atoms with E-state index in [1.165, 1.54) is 30.3 Å². The van der Waals surface area contributed by atoms with Gasteiger partial charge in [-0.2, -0.15) is 0 Å². The quantitative estimate of drug-likeness (QED) is 0.544. The minimum Gasteiger partial charge on any atom is -0.335 e. The van der Waals surface area contributed by atoms with E-state index in [1.54, 1.807) is 0 Å². The third-order valence-electron chi connectivity index (χ3n) is 6.57. The van der Waals surface area contributed by atoms with Crippen LogP contribution >= 0.6 is 11.8 Å². The van der Waals surface area contributed by atoms with Crippen LogP contribution in [0.25, 0.3) is 0 Å². The number of H-pyrrole nitrogens is 1. The number of aromatic amines is 1. The number of fused-ring (bicyclic) bond motifs is 2. The van der Waals surface area contributed by atoms with Gasteiger partial charge in [-0.3, -0.25) is 14.7 Å². The lowest BCUT2D eigenvalue weighted by molar-refractivity contribution is -0.117. The number of benzene rings is 1. The van der Waals surface area contributed by atoms with Gasteiger partial charge in [0.2, 0.25) is 5.91 Å². The molecule has 0 saturated heterocycles. The summed E-state index contributed by atoms with van der Waals surface area (Å²) >= 11 is 1.14. The highest BCUT2D eigenvalue weighted by molar-refractivity contribution is 7.99. The summed E-state index contributed by atoms with van der Waals surface area (Å²) in [6, 6.07) is 9.47. The molecule has 4 unspecified atom stereocenters. The van der Waals surface area contributed by atoms with E-state index in [2.05, 4.69) is 20.8 Å². The Hall–Kier alpha value is -2.55. The lowest BCUT2D eigenvalue weighted by Crippen LogP contribution is -2.47. The zero-order chi connectivity index (χ0) is 21.8. The highest BCUT2D eigenvalue weighted by Gasteiger charge is 2.42. The lowest BCUT2D eigenvalue weighted by atomic mass is 9.84. The SMILES string of the molecule is CC(NC(=O)NC(=O)CSc1n[nH]c(=O)n1CCc1ccccc1)C1CC2CCC1C2. The molecule has 1 heterocycles. The number of rotatable bonds is 8. The van der Waals surface area contributed by atoms with E-state index in [-0.39, 0.29) is 17.5 Å². The lowest BCUT2D eigenvalue weighted by Gasteiger charge is -2.28. The van der Waals surface area contributed by atoms with Crippen molar-refractivity contribution in [3.63, 3.8) is 0 Å². The van der Waals surface area contributed by atoms with Crippen LogP contribution in [0.1, 0.15) is 38.2 Å². The standard InChI is InChI=1S/C22H29N5O3S/c1-14(18-12-16-7-8-17(18)11-16)23-20(29)24-19(28)13-31-22-26-25-21(30)27(22)10-9-15-5-3-2-4-6-15/h2-6,14,16-18H,7-13H2,1H3,(H,25,30)(H2,23,24,28,29). The van der Waals surface area contributed by atoms with E-state index in [9.17, 15) is 14.4 Å². The number of nitrogens with zero attached hydrogens (tertiary/aromatic N) is 2. The second-order valence-corrected chi connectivity index (χ2v) is 9.58. The fourth-order valence-corrected chi connectivity index (χ4v) is 5.82. The molecule has 8 nitrogen and oxygen atoms in total. The number of aromatic nitrogens is 3. The van der Waals surface area contributed by atoms with E-state index in [4.69, 9.17) is 0 Å². The van der Waals surface area contributed by atoms with Crippen molar-refractivity contribution in [2.45, 2.75) is 56.8 Å². The number of carbonyl (C=O) groups is 2. The predicted molar refractivity (Wildman–Crippen MR) is 119 cm³/mol. The van der Waals surface area contributed by atoms with Crippen molar-refractivity contribution >= 4 is 23.7 Å². The summed E-state index contributed by atoms with van der Waals surface area (Å²) in [5, 5.41) is 12.2. The number of hydrogen-bond donors (Lipinski definition) is 3. The van der Waals surface area contributed by atoms with Crippen molar-refractivity contribution in [1.82, 2.24) is 25.4 Å². The predicted octanol–water partition coefficient (Wildman–Crippen LogP) is 2.56. The van der Waals surface area contributed by atoms with E-state index >= 15 is 0 Å². The molecule has 0 aliphatic heterocycles. The summed E-state index contributed by atoms with van der Waals surface area (Å²) in [4.78, 5) is 36.5. The normalized spacial score (nSPS) is 22.9. The Morgan fingerprint density at radius 3 is 2.77 bits per heavy atom. The first-order valence-corrected chi connectivity index (χ1v) is 11.9. The number of amides is 3. The first-order chi connectivity index (χ1) is 15.0. The maximum absolute atomic E-state index is 12.2. The average molecular weight is 444 g/mol. The van der Waals surface area contributed by atoms with Crippen molar-refractivity contribution in [1.29, 1.82) is 0 Å². The Kier molecular flexibility index (Phi) is 6.80. The zero-order valence-corrected chi connectivity index (χ0v) is 18.5. The van der Waals surface area contributed by atoms with Crippen molar-refractivity contribution in [3.05, 3.63) is 46.4 Å². The smallest absolute Gasteiger partial charge is 0.335 e. The van der Waals surface area contributed by atoms with Gasteiger partial charge >= 0.3 is 11.7 Å². The van der Waals surface area contributed by atoms with Gasteiger partial charge in [-0.15, -0.1) is 5.10 Å². The van der Waals surface area contributed by atoms with Crippen molar-refractivity contribution in [3.8, 4) is 0 Å². The molecule has 166 valence electrons. The zero-order valence-electron chi connectivity index (χ0n) is 17.7. The largest absolute Gasteiger partial charge is 0.343 e. The molecule has 2 fully saturated rings. The molecule has 0 radical (unpaired) electrons.